The van der Waals surface area contributed by atoms with Gasteiger partial charge in [-0.1, -0.05) is 12.1 Å². The van der Waals surface area contributed by atoms with E-state index in [0.29, 0.717) is 30.1 Å². The first-order chi connectivity index (χ1) is 12.6. The number of ether oxygens (including phenoxy) is 1. The van der Waals surface area contributed by atoms with E-state index in [2.05, 4.69) is 5.32 Å². The second-order valence-electron chi connectivity index (χ2n) is 6.92. The number of aromatic hydroxyl groups is 1. The second kappa shape index (κ2) is 6.86. The van der Waals surface area contributed by atoms with Gasteiger partial charge in [0.25, 0.3) is 11.5 Å². The summed E-state index contributed by atoms with van der Waals surface area (Å²) in [5, 5.41) is 13.0. The predicted octanol–water partition coefficient (Wildman–Crippen LogP) is 3.07. The Labute approximate surface area is 151 Å². The summed E-state index contributed by atoms with van der Waals surface area (Å²) in [5.41, 5.74) is 1.09. The normalized spacial score (nSPS) is 16.5. The molecular weight excluding hydrogens is 332 g/mol. The topological polar surface area (TPSA) is 80.6 Å². The Bertz CT molecular complexity index is 897. The number of hydrogen-bond donors (Lipinski definition) is 2. The van der Waals surface area contributed by atoms with Gasteiger partial charge in [-0.15, -0.1) is 0 Å². The van der Waals surface area contributed by atoms with Crippen molar-refractivity contribution in [1.82, 2.24) is 4.57 Å². The first kappa shape index (κ1) is 16.7. The van der Waals surface area contributed by atoms with Crippen LogP contribution in [0.25, 0.3) is 0 Å². The number of carbonyl (C=O) groups is 1. The molecular formula is C20H22N2O4. The van der Waals surface area contributed by atoms with E-state index in [-0.39, 0.29) is 23.0 Å². The highest BCUT2D eigenvalue weighted by Crippen LogP contribution is 2.31. The van der Waals surface area contributed by atoms with Crippen LogP contribution in [0.4, 0.5) is 5.69 Å². The number of nitrogens with one attached hydrogen (secondary N) is 1. The maximum Gasteiger partial charge on any atom is 0.261 e. The molecule has 0 bridgehead atoms. The highest BCUT2D eigenvalue weighted by atomic mass is 16.5. The summed E-state index contributed by atoms with van der Waals surface area (Å²) >= 11 is 0. The minimum absolute atomic E-state index is 0.178. The van der Waals surface area contributed by atoms with Gasteiger partial charge in [-0.25, -0.2) is 0 Å². The highest BCUT2D eigenvalue weighted by Gasteiger charge is 2.25. The van der Waals surface area contributed by atoms with Gasteiger partial charge >= 0.3 is 0 Å². The van der Waals surface area contributed by atoms with Gasteiger partial charge in [0.2, 0.25) is 0 Å². The van der Waals surface area contributed by atoms with Gasteiger partial charge in [0, 0.05) is 18.3 Å². The molecule has 1 aliphatic carbocycles. The summed E-state index contributed by atoms with van der Waals surface area (Å²) in [4.78, 5) is 24.8. The fourth-order valence-electron chi connectivity index (χ4n) is 3.88. The monoisotopic (exact) mass is 354 g/mol. The van der Waals surface area contributed by atoms with Crippen LogP contribution in [0.15, 0.2) is 35.1 Å². The van der Waals surface area contributed by atoms with Crippen molar-refractivity contribution in [2.75, 3.05) is 5.32 Å². The Morgan fingerprint density at radius 1 is 1.19 bits per heavy atom. The van der Waals surface area contributed by atoms with E-state index >= 15 is 0 Å². The summed E-state index contributed by atoms with van der Waals surface area (Å²) in [6.07, 6.45) is 5.96. The first-order valence-electron chi connectivity index (χ1n) is 9.16. The molecule has 1 aromatic carbocycles. The molecule has 26 heavy (non-hydrogen) atoms. The largest absolute Gasteiger partial charge is 0.507 e. The molecule has 0 unspecified atom stereocenters. The molecule has 2 heterocycles. The zero-order chi connectivity index (χ0) is 18.1. The van der Waals surface area contributed by atoms with Crippen LogP contribution in [-0.4, -0.2) is 21.7 Å². The number of nitrogens with zero attached hydrogens (tertiary/aromatic N) is 1. The maximum absolute atomic E-state index is 12.9. The number of rotatable bonds is 4. The molecule has 1 aliphatic heterocycles. The van der Waals surface area contributed by atoms with Crippen molar-refractivity contribution < 1.29 is 14.6 Å². The minimum Gasteiger partial charge on any atom is -0.507 e. The molecule has 1 saturated carbocycles. The van der Waals surface area contributed by atoms with Crippen molar-refractivity contribution >= 4 is 11.6 Å². The van der Waals surface area contributed by atoms with Gasteiger partial charge < -0.3 is 19.7 Å². The van der Waals surface area contributed by atoms with E-state index in [9.17, 15) is 14.7 Å². The van der Waals surface area contributed by atoms with Crippen LogP contribution in [0, 0.1) is 0 Å². The molecule has 2 aliphatic rings. The van der Waals surface area contributed by atoms with Gasteiger partial charge in [0.05, 0.1) is 11.8 Å². The lowest BCUT2D eigenvalue weighted by Gasteiger charge is -2.18. The quantitative estimate of drug-likeness (QED) is 0.884. The number of benzene rings is 1. The molecule has 1 aromatic heterocycles. The molecule has 6 nitrogen and oxygen atoms in total. The second-order valence-corrected chi connectivity index (χ2v) is 6.92. The van der Waals surface area contributed by atoms with Crippen molar-refractivity contribution in [1.29, 1.82) is 0 Å². The van der Waals surface area contributed by atoms with E-state index in [0.717, 1.165) is 38.2 Å². The molecule has 0 saturated heterocycles. The molecule has 2 N–H and O–H groups in total. The van der Waals surface area contributed by atoms with Crippen molar-refractivity contribution in [3.63, 3.8) is 0 Å². The number of carbonyl (C=O) groups excluding carboxylic acids is 1. The number of para-hydroxylation sites is 2. The molecule has 4 rings (SSSR count). The summed E-state index contributed by atoms with van der Waals surface area (Å²) in [7, 11) is 0. The number of aromatic nitrogens is 1. The van der Waals surface area contributed by atoms with Crippen molar-refractivity contribution in [3.8, 4) is 11.5 Å². The predicted molar refractivity (Wildman–Crippen MR) is 98.0 cm³/mol. The van der Waals surface area contributed by atoms with Gasteiger partial charge in [-0.2, -0.15) is 0 Å². The lowest BCUT2D eigenvalue weighted by atomic mass is 10.1. The average molecular weight is 354 g/mol. The fourth-order valence-corrected chi connectivity index (χ4v) is 3.88. The zero-order valence-corrected chi connectivity index (χ0v) is 14.5. The molecule has 1 amide bonds. The lowest BCUT2D eigenvalue weighted by molar-refractivity contribution is 0.102. The number of pyridine rings is 1. The SMILES string of the molecule is O=C(Nc1ccccc1OC1CCCC1)c1c(O)cc(=O)n2c1CCC2. The zero-order valence-electron chi connectivity index (χ0n) is 14.5. The minimum atomic E-state index is -0.421. The molecule has 6 heteroatoms. The van der Waals surface area contributed by atoms with E-state index < -0.39 is 5.91 Å². The van der Waals surface area contributed by atoms with Gasteiger partial charge in [0.1, 0.15) is 17.1 Å². The summed E-state index contributed by atoms with van der Waals surface area (Å²) in [6, 6.07) is 8.45. The molecule has 0 atom stereocenters. The van der Waals surface area contributed by atoms with Crippen LogP contribution in [0.5, 0.6) is 11.5 Å². The fraction of sp³-hybridized carbons (Fsp3) is 0.400. The van der Waals surface area contributed by atoms with Crippen LogP contribution >= 0.6 is 0 Å². The Morgan fingerprint density at radius 2 is 1.96 bits per heavy atom. The van der Waals surface area contributed by atoms with E-state index in [1.165, 1.54) is 0 Å². The Hall–Kier alpha value is -2.76. The average Bonchev–Trinajstić information content (AvgIpc) is 3.28. The summed E-state index contributed by atoms with van der Waals surface area (Å²) in [6.45, 7) is 0.579. The molecule has 1 fully saturated rings. The van der Waals surface area contributed by atoms with Crippen molar-refractivity contribution in [2.45, 2.75) is 51.2 Å². The standard InChI is InChI=1S/C20H22N2O4/c23-16-12-18(24)22-11-5-9-15(22)19(16)20(25)21-14-8-3-4-10-17(14)26-13-6-1-2-7-13/h3-4,8,10,12-13,23H,1-2,5-7,9,11H2,(H,21,25). The number of amides is 1. The third-order valence-electron chi connectivity index (χ3n) is 5.15. The van der Waals surface area contributed by atoms with Crippen LogP contribution in [0.2, 0.25) is 0 Å². The van der Waals surface area contributed by atoms with Crippen LogP contribution < -0.4 is 15.6 Å². The smallest absolute Gasteiger partial charge is 0.261 e. The van der Waals surface area contributed by atoms with Crippen molar-refractivity contribution in [3.05, 3.63) is 51.9 Å². The molecule has 136 valence electrons. The Morgan fingerprint density at radius 3 is 2.77 bits per heavy atom. The third kappa shape index (κ3) is 3.07. The van der Waals surface area contributed by atoms with Crippen LogP contribution in [0.1, 0.15) is 48.2 Å². The first-order valence-corrected chi connectivity index (χ1v) is 9.16. The van der Waals surface area contributed by atoms with Crippen LogP contribution in [-0.2, 0) is 13.0 Å². The molecule has 0 spiro atoms. The number of anilines is 1. The van der Waals surface area contributed by atoms with Crippen LogP contribution in [0.3, 0.4) is 0 Å². The Balaban J connectivity index is 1.62. The number of hydrogen-bond acceptors (Lipinski definition) is 4. The lowest BCUT2D eigenvalue weighted by Crippen LogP contribution is -2.24. The third-order valence-corrected chi connectivity index (χ3v) is 5.15. The number of fused-ring (bicyclic) bond motifs is 1. The maximum atomic E-state index is 12.9. The van der Waals surface area contributed by atoms with E-state index in [4.69, 9.17) is 4.74 Å². The van der Waals surface area contributed by atoms with Gasteiger partial charge in [-0.3, -0.25) is 9.59 Å². The van der Waals surface area contributed by atoms with E-state index in [1.54, 1.807) is 10.6 Å². The van der Waals surface area contributed by atoms with Crippen molar-refractivity contribution in [2.24, 2.45) is 0 Å². The Kier molecular flexibility index (Phi) is 4.41. The van der Waals surface area contributed by atoms with Gasteiger partial charge in [0.15, 0.2) is 0 Å². The van der Waals surface area contributed by atoms with E-state index in [1.807, 2.05) is 18.2 Å². The molecule has 2 aromatic rings. The summed E-state index contributed by atoms with van der Waals surface area (Å²) < 4.78 is 7.62. The highest BCUT2D eigenvalue weighted by molar-refractivity contribution is 6.07. The molecule has 0 radical (unpaired) electrons. The van der Waals surface area contributed by atoms with Gasteiger partial charge in [-0.05, 0) is 50.7 Å². The summed E-state index contributed by atoms with van der Waals surface area (Å²) in [5.74, 6) is -0.0533.